The largest absolute Gasteiger partial charge is 0.473 e. The van der Waals surface area contributed by atoms with Crippen molar-refractivity contribution in [3.63, 3.8) is 0 Å². The molecule has 1 fully saturated rings. The lowest BCUT2D eigenvalue weighted by Gasteiger charge is -2.28. The minimum Gasteiger partial charge on any atom is -0.473 e. The van der Waals surface area contributed by atoms with Crippen molar-refractivity contribution in [2.45, 2.75) is 51.7 Å². The van der Waals surface area contributed by atoms with Crippen LogP contribution in [0.25, 0.3) is 0 Å². The van der Waals surface area contributed by atoms with Crippen LogP contribution in [0.15, 0.2) is 12.1 Å². The second-order valence-electron chi connectivity index (χ2n) is 4.75. The first-order chi connectivity index (χ1) is 8.31. The van der Waals surface area contributed by atoms with Gasteiger partial charge in [-0.3, -0.25) is 0 Å². The van der Waals surface area contributed by atoms with Gasteiger partial charge < -0.3 is 10.5 Å². The van der Waals surface area contributed by atoms with Crippen LogP contribution < -0.4 is 10.5 Å². The Labute approximate surface area is 103 Å². The third kappa shape index (κ3) is 3.40. The lowest BCUT2D eigenvalue weighted by atomic mass is 9.85. The summed E-state index contributed by atoms with van der Waals surface area (Å²) in [5.41, 5.74) is 6.28. The highest BCUT2D eigenvalue weighted by Crippen LogP contribution is 2.28. The number of rotatable bonds is 4. The van der Waals surface area contributed by atoms with Crippen molar-refractivity contribution in [1.82, 2.24) is 10.2 Å². The maximum atomic E-state index is 5.87. The van der Waals surface area contributed by atoms with Crippen molar-refractivity contribution >= 4 is 0 Å². The van der Waals surface area contributed by atoms with Gasteiger partial charge >= 0.3 is 0 Å². The van der Waals surface area contributed by atoms with Gasteiger partial charge in [-0.15, -0.1) is 5.10 Å². The topological polar surface area (TPSA) is 61.0 Å². The molecule has 2 atom stereocenters. The second-order valence-corrected chi connectivity index (χ2v) is 4.75. The number of aromatic nitrogens is 2. The Kier molecular flexibility index (Phi) is 4.31. The summed E-state index contributed by atoms with van der Waals surface area (Å²) in [7, 11) is 0. The predicted octanol–water partition coefficient (Wildman–Crippen LogP) is 2.28. The van der Waals surface area contributed by atoms with Crippen LogP contribution in [-0.2, 0) is 6.54 Å². The quantitative estimate of drug-likeness (QED) is 0.869. The van der Waals surface area contributed by atoms with Gasteiger partial charge in [0.1, 0.15) is 6.10 Å². The summed E-state index contributed by atoms with van der Waals surface area (Å²) in [5.74, 6) is 1.44. The lowest BCUT2D eigenvalue weighted by Crippen LogP contribution is -2.25. The van der Waals surface area contributed by atoms with Crippen molar-refractivity contribution in [3.8, 4) is 5.88 Å². The van der Waals surface area contributed by atoms with Crippen LogP contribution in [0.5, 0.6) is 5.88 Å². The molecule has 2 N–H and O–H groups in total. The molecule has 0 aromatic carbocycles. The van der Waals surface area contributed by atoms with Gasteiger partial charge in [0.05, 0.1) is 5.69 Å². The van der Waals surface area contributed by atoms with Crippen LogP contribution in [0.1, 0.15) is 44.7 Å². The minimum absolute atomic E-state index is 0.312. The summed E-state index contributed by atoms with van der Waals surface area (Å²) in [6.07, 6.45) is 6.45. The average molecular weight is 235 g/mol. The average Bonchev–Trinajstić information content (AvgIpc) is 2.40. The molecule has 1 aliphatic rings. The molecular weight excluding hydrogens is 214 g/mol. The first-order valence-corrected chi connectivity index (χ1v) is 6.51. The Morgan fingerprint density at radius 1 is 1.35 bits per heavy atom. The molecule has 2 rings (SSSR count). The van der Waals surface area contributed by atoms with Crippen molar-refractivity contribution < 1.29 is 4.74 Å². The van der Waals surface area contributed by atoms with Crippen LogP contribution in [0.2, 0.25) is 0 Å². The maximum absolute atomic E-state index is 5.87. The lowest BCUT2D eigenvalue weighted by molar-refractivity contribution is 0.116. The van der Waals surface area contributed by atoms with E-state index in [1.807, 2.05) is 12.1 Å². The Morgan fingerprint density at radius 3 is 2.88 bits per heavy atom. The molecule has 1 heterocycles. The van der Waals surface area contributed by atoms with Gasteiger partial charge in [0.25, 0.3) is 0 Å². The van der Waals surface area contributed by atoms with E-state index in [1.54, 1.807) is 0 Å². The zero-order valence-electron chi connectivity index (χ0n) is 10.4. The minimum atomic E-state index is 0.312. The zero-order chi connectivity index (χ0) is 12.1. The molecule has 0 bridgehead atoms. The van der Waals surface area contributed by atoms with Gasteiger partial charge in [-0.2, -0.15) is 5.10 Å². The zero-order valence-corrected chi connectivity index (χ0v) is 10.4. The van der Waals surface area contributed by atoms with Crippen molar-refractivity contribution in [2.75, 3.05) is 0 Å². The molecule has 0 amide bonds. The van der Waals surface area contributed by atoms with E-state index in [0.717, 1.165) is 24.5 Å². The van der Waals surface area contributed by atoms with Gasteiger partial charge in [0, 0.05) is 12.6 Å². The third-order valence-electron chi connectivity index (χ3n) is 3.50. The Balaban J connectivity index is 1.90. The number of ether oxygens (including phenoxy) is 1. The van der Waals surface area contributed by atoms with E-state index in [2.05, 4.69) is 17.1 Å². The van der Waals surface area contributed by atoms with E-state index in [4.69, 9.17) is 10.5 Å². The van der Waals surface area contributed by atoms with E-state index in [-0.39, 0.29) is 0 Å². The number of hydrogen-bond donors (Lipinski definition) is 1. The summed E-state index contributed by atoms with van der Waals surface area (Å²) < 4.78 is 5.87. The van der Waals surface area contributed by atoms with Crippen LogP contribution >= 0.6 is 0 Å². The molecule has 2 unspecified atom stereocenters. The summed E-state index contributed by atoms with van der Waals surface area (Å²) >= 11 is 0. The van der Waals surface area contributed by atoms with Crippen molar-refractivity contribution in [3.05, 3.63) is 17.8 Å². The van der Waals surface area contributed by atoms with E-state index in [9.17, 15) is 0 Å². The molecule has 1 aromatic heterocycles. The fourth-order valence-corrected chi connectivity index (χ4v) is 2.41. The SMILES string of the molecule is CCC1CCCC(Oc2ccc(CN)nn2)C1. The van der Waals surface area contributed by atoms with Gasteiger partial charge in [0.15, 0.2) is 0 Å². The van der Waals surface area contributed by atoms with Gasteiger partial charge in [-0.25, -0.2) is 0 Å². The maximum Gasteiger partial charge on any atom is 0.233 e. The molecule has 0 radical (unpaired) electrons. The van der Waals surface area contributed by atoms with Crippen LogP contribution in [0.3, 0.4) is 0 Å². The van der Waals surface area contributed by atoms with Gasteiger partial charge in [-0.1, -0.05) is 19.8 Å². The molecule has 4 nitrogen and oxygen atoms in total. The highest BCUT2D eigenvalue weighted by molar-refractivity contribution is 5.11. The standard InChI is InChI=1S/C13H21N3O/c1-2-10-4-3-5-12(8-10)17-13-7-6-11(9-14)15-16-13/h6-7,10,12H,2-5,8-9,14H2,1H3. The summed E-state index contributed by atoms with van der Waals surface area (Å²) in [5, 5.41) is 8.04. The molecule has 0 aliphatic heterocycles. The summed E-state index contributed by atoms with van der Waals surface area (Å²) in [6.45, 7) is 2.68. The Morgan fingerprint density at radius 2 is 2.24 bits per heavy atom. The van der Waals surface area contributed by atoms with Gasteiger partial charge in [-0.05, 0) is 31.2 Å². The molecule has 1 aromatic rings. The van der Waals surface area contributed by atoms with E-state index >= 15 is 0 Å². The highest BCUT2D eigenvalue weighted by Gasteiger charge is 2.22. The normalized spacial score (nSPS) is 24.6. The Bertz CT molecular complexity index is 339. The highest BCUT2D eigenvalue weighted by atomic mass is 16.5. The monoisotopic (exact) mass is 235 g/mol. The summed E-state index contributed by atoms with van der Waals surface area (Å²) in [6, 6.07) is 3.74. The molecule has 0 saturated heterocycles. The van der Waals surface area contributed by atoms with Crippen molar-refractivity contribution in [1.29, 1.82) is 0 Å². The molecule has 4 heteroatoms. The molecule has 1 saturated carbocycles. The second kappa shape index (κ2) is 5.96. The number of nitrogens with zero attached hydrogens (tertiary/aromatic N) is 2. The fraction of sp³-hybridized carbons (Fsp3) is 0.692. The predicted molar refractivity (Wildman–Crippen MR) is 66.6 cm³/mol. The first-order valence-electron chi connectivity index (χ1n) is 6.51. The first kappa shape index (κ1) is 12.3. The van der Waals surface area contributed by atoms with Crippen LogP contribution in [0, 0.1) is 5.92 Å². The molecule has 17 heavy (non-hydrogen) atoms. The van der Waals surface area contributed by atoms with E-state index < -0.39 is 0 Å². The molecule has 94 valence electrons. The molecule has 1 aliphatic carbocycles. The van der Waals surface area contributed by atoms with E-state index in [0.29, 0.717) is 18.5 Å². The van der Waals surface area contributed by atoms with Gasteiger partial charge in [0.2, 0.25) is 5.88 Å². The number of nitrogens with two attached hydrogens (primary N) is 1. The van der Waals surface area contributed by atoms with E-state index in [1.165, 1.54) is 19.3 Å². The molecule has 0 spiro atoms. The van der Waals surface area contributed by atoms with Crippen LogP contribution in [-0.4, -0.2) is 16.3 Å². The number of hydrogen-bond acceptors (Lipinski definition) is 4. The molecular formula is C13H21N3O. The Hall–Kier alpha value is -1.16. The third-order valence-corrected chi connectivity index (χ3v) is 3.50. The smallest absolute Gasteiger partial charge is 0.233 e. The van der Waals surface area contributed by atoms with Crippen LogP contribution in [0.4, 0.5) is 0 Å². The fourth-order valence-electron chi connectivity index (χ4n) is 2.41. The summed E-state index contributed by atoms with van der Waals surface area (Å²) in [4.78, 5) is 0. The van der Waals surface area contributed by atoms with Crippen molar-refractivity contribution in [2.24, 2.45) is 11.7 Å².